The van der Waals surface area contributed by atoms with Crippen molar-refractivity contribution >= 4 is 17.6 Å². The first-order chi connectivity index (χ1) is 11.7. The summed E-state index contributed by atoms with van der Waals surface area (Å²) in [5.74, 6) is 3.04. The molecule has 7 heteroatoms. The fraction of sp³-hybridized carbons (Fsp3) is 0.588. The van der Waals surface area contributed by atoms with Crippen LogP contribution in [0.15, 0.2) is 18.3 Å². The monoisotopic (exact) mass is 326 g/mol. The second-order valence-electron chi connectivity index (χ2n) is 7.26. The normalized spacial score (nSPS) is 28.5. The van der Waals surface area contributed by atoms with Gasteiger partial charge in [0.1, 0.15) is 5.82 Å². The third-order valence-corrected chi connectivity index (χ3v) is 5.64. The maximum atomic E-state index is 5.77. The summed E-state index contributed by atoms with van der Waals surface area (Å²) >= 11 is 0. The highest BCUT2D eigenvalue weighted by molar-refractivity contribution is 5.54. The number of anilines is 3. The van der Waals surface area contributed by atoms with Gasteiger partial charge in [0.25, 0.3) is 0 Å². The molecule has 3 fully saturated rings. The third kappa shape index (κ3) is 2.34. The van der Waals surface area contributed by atoms with Crippen LogP contribution in [0.25, 0.3) is 0 Å². The number of aromatic nitrogens is 4. The van der Waals surface area contributed by atoms with Gasteiger partial charge in [0.2, 0.25) is 5.95 Å². The first-order valence-electron chi connectivity index (χ1n) is 8.72. The highest BCUT2D eigenvalue weighted by atomic mass is 16.5. The Morgan fingerprint density at radius 2 is 2.25 bits per heavy atom. The van der Waals surface area contributed by atoms with Crippen LogP contribution in [0.2, 0.25) is 0 Å². The zero-order valence-electron chi connectivity index (χ0n) is 13.8. The second kappa shape index (κ2) is 5.17. The molecule has 7 nitrogen and oxygen atoms in total. The average molecular weight is 326 g/mol. The van der Waals surface area contributed by atoms with Gasteiger partial charge in [0.05, 0.1) is 12.1 Å². The van der Waals surface area contributed by atoms with Gasteiger partial charge in [-0.2, -0.15) is 10.1 Å². The average Bonchev–Trinajstić information content (AvgIpc) is 3.07. The van der Waals surface area contributed by atoms with Crippen molar-refractivity contribution in [2.75, 3.05) is 23.9 Å². The molecule has 5 rings (SSSR count). The van der Waals surface area contributed by atoms with Crippen molar-refractivity contribution in [3.8, 4) is 0 Å². The molecule has 2 aromatic rings. The molecule has 2 aliphatic carbocycles. The summed E-state index contributed by atoms with van der Waals surface area (Å²) < 4.78 is 5.77. The molecule has 0 aromatic carbocycles. The Hall–Kier alpha value is -2.15. The molecule has 2 aromatic heterocycles. The molecule has 24 heavy (non-hydrogen) atoms. The van der Waals surface area contributed by atoms with E-state index in [0.717, 1.165) is 43.4 Å². The molecular weight excluding hydrogens is 304 g/mol. The molecule has 0 amide bonds. The molecule has 2 unspecified atom stereocenters. The number of piperidine rings is 1. The zero-order chi connectivity index (χ0) is 16.1. The molecule has 0 spiro atoms. The van der Waals surface area contributed by atoms with Crippen molar-refractivity contribution in [1.82, 2.24) is 20.2 Å². The van der Waals surface area contributed by atoms with E-state index in [-0.39, 0.29) is 5.60 Å². The first-order valence-corrected chi connectivity index (χ1v) is 8.72. The SMILES string of the molecule is COC12CCC(C1)N(c1nccc(Nc3cc(C4CC4)[nH]n3)n1)C2. The predicted octanol–water partition coefficient (Wildman–Crippen LogP) is 2.58. The third-order valence-electron chi connectivity index (χ3n) is 5.64. The zero-order valence-corrected chi connectivity index (χ0v) is 13.8. The summed E-state index contributed by atoms with van der Waals surface area (Å²) in [6.45, 7) is 0.881. The molecule has 0 radical (unpaired) electrons. The summed E-state index contributed by atoms with van der Waals surface area (Å²) in [6.07, 6.45) is 7.70. The van der Waals surface area contributed by atoms with E-state index in [2.05, 4.69) is 31.5 Å². The Kier molecular flexibility index (Phi) is 3.06. The van der Waals surface area contributed by atoms with E-state index in [1.54, 1.807) is 0 Å². The van der Waals surface area contributed by atoms with Crippen LogP contribution >= 0.6 is 0 Å². The van der Waals surface area contributed by atoms with Gasteiger partial charge in [0.15, 0.2) is 5.82 Å². The number of hydrogen-bond donors (Lipinski definition) is 2. The minimum absolute atomic E-state index is 0.00117. The van der Waals surface area contributed by atoms with E-state index in [0.29, 0.717) is 12.0 Å². The van der Waals surface area contributed by atoms with Gasteiger partial charge in [-0.3, -0.25) is 5.10 Å². The number of ether oxygens (including phenoxy) is 1. The smallest absolute Gasteiger partial charge is 0.227 e. The number of aromatic amines is 1. The quantitative estimate of drug-likeness (QED) is 0.879. The fourth-order valence-corrected chi connectivity index (χ4v) is 4.09. The minimum atomic E-state index is -0.00117. The van der Waals surface area contributed by atoms with Crippen molar-refractivity contribution < 1.29 is 4.74 Å². The van der Waals surface area contributed by atoms with E-state index in [1.165, 1.54) is 18.5 Å². The van der Waals surface area contributed by atoms with Crippen LogP contribution in [0.5, 0.6) is 0 Å². The van der Waals surface area contributed by atoms with E-state index in [1.807, 2.05) is 19.4 Å². The van der Waals surface area contributed by atoms with E-state index < -0.39 is 0 Å². The number of nitrogens with zero attached hydrogens (tertiary/aromatic N) is 4. The van der Waals surface area contributed by atoms with E-state index in [9.17, 15) is 0 Å². The van der Waals surface area contributed by atoms with Crippen LogP contribution in [0, 0.1) is 0 Å². The van der Waals surface area contributed by atoms with Crippen molar-refractivity contribution in [3.05, 3.63) is 24.0 Å². The van der Waals surface area contributed by atoms with Gasteiger partial charge in [-0.05, 0) is 38.2 Å². The number of H-pyrrole nitrogens is 1. The molecule has 2 saturated carbocycles. The van der Waals surface area contributed by atoms with Gasteiger partial charge in [-0.1, -0.05) is 0 Å². The van der Waals surface area contributed by atoms with Crippen LogP contribution in [-0.4, -0.2) is 45.5 Å². The lowest BCUT2D eigenvalue weighted by molar-refractivity contribution is 0.0128. The largest absolute Gasteiger partial charge is 0.376 e. The molecule has 2 N–H and O–H groups in total. The topological polar surface area (TPSA) is 79.0 Å². The molecular formula is C17H22N6O. The highest BCUT2D eigenvalue weighted by Crippen LogP contribution is 2.44. The lowest BCUT2D eigenvalue weighted by Crippen LogP contribution is -2.40. The Morgan fingerprint density at radius 3 is 3.04 bits per heavy atom. The predicted molar refractivity (Wildman–Crippen MR) is 90.6 cm³/mol. The number of fused-ring (bicyclic) bond motifs is 2. The van der Waals surface area contributed by atoms with Crippen LogP contribution in [0.4, 0.5) is 17.6 Å². The number of rotatable bonds is 5. The molecule has 1 aliphatic heterocycles. The molecule has 1 saturated heterocycles. The summed E-state index contributed by atoms with van der Waals surface area (Å²) in [4.78, 5) is 11.5. The Labute approximate surface area is 140 Å². The van der Waals surface area contributed by atoms with E-state index in [4.69, 9.17) is 9.72 Å². The van der Waals surface area contributed by atoms with Crippen molar-refractivity contribution in [3.63, 3.8) is 0 Å². The van der Waals surface area contributed by atoms with Crippen LogP contribution < -0.4 is 10.2 Å². The fourth-order valence-electron chi connectivity index (χ4n) is 4.09. The molecule has 3 aliphatic rings. The van der Waals surface area contributed by atoms with Crippen molar-refractivity contribution in [1.29, 1.82) is 0 Å². The van der Waals surface area contributed by atoms with Crippen LogP contribution in [0.3, 0.4) is 0 Å². The van der Waals surface area contributed by atoms with Gasteiger partial charge >= 0.3 is 0 Å². The molecule has 126 valence electrons. The second-order valence-corrected chi connectivity index (χ2v) is 7.26. The van der Waals surface area contributed by atoms with Crippen LogP contribution in [0.1, 0.15) is 43.7 Å². The first kappa shape index (κ1) is 14.2. The number of nitrogens with one attached hydrogen (secondary N) is 2. The van der Waals surface area contributed by atoms with Crippen LogP contribution in [-0.2, 0) is 4.74 Å². The summed E-state index contributed by atoms with van der Waals surface area (Å²) in [5.41, 5.74) is 1.21. The summed E-state index contributed by atoms with van der Waals surface area (Å²) in [7, 11) is 1.82. The standard InChI is InChI=1S/C17H22N6O/c1-24-17-6-4-12(9-17)23(10-17)16-18-7-5-14(20-16)19-15-8-13(21-22-15)11-2-3-11/h5,7-8,11-12H,2-4,6,9-10H2,1H3,(H2,18,19,20,21,22). The van der Waals surface area contributed by atoms with Gasteiger partial charge in [-0.15, -0.1) is 0 Å². The van der Waals surface area contributed by atoms with E-state index >= 15 is 0 Å². The van der Waals surface area contributed by atoms with Gasteiger partial charge in [0, 0.05) is 37.0 Å². The summed E-state index contributed by atoms with van der Waals surface area (Å²) in [6, 6.07) is 4.46. The number of methoxy groups -OCH3 is 1. The lowest BCUT2D eigenvalue weighted by Gasteiger charge is -2.31. The maximum absolute atomic E-state index is 5.77. The Balaban J connectivity index is 1.34. The Bertz CT molecular complexity index is 757. The number of hydrogen-bond acceptors (Lipinski definition) is 6. The Morgan fingerprint density at radius 1 is 1.33 bits per heavy atom. The highest BCUT2D eigenvalue weighted by Gasteiger charge is 2.50. The molecule has 2 atom stereocenters. The van der Waals surface area contributed by atoms with Crippen molar-refractivity contribution in [2.24, 2.45) is 0 Å². The van der Waals surface area contributed by atoms with Gasteiger partial charge < -0.3 is 15.0 Å². The molecule has 3 heterocycles. The maximum Gasteiger partial charge on any atom is 0.227 e. The van der Waals surface area contributed by atoms with Crippen molar-refractivity contribution in [2.45, 2.75) is 49.7 Å². The molecule has 2 bridgehead atoms. The van der Waals surface area contributed by atoms with Gasteiger partial charge in [-0.25, -0.2) is 4.98 Å². The summed E-state index contributed by atoms with van der Waals surface area (Å²) in [5, 5.41) is 10.7. The minimum Gasteiger partial charge on any atom is -0.376 e. The lowest BCUT2D eigenvalue weighted by atomic mass is 10.0.